The van der Waals surface area contributed by atoms with Gasteiger partial charge < -0.3 is 19.9 Å². The number of carbonyl (C=O) groups excluding carboxylic acids is 4. The highest BCUT2D eigenvalue weighted by atomic mass is 16.5. The highest BCUT2D eigenvalue weighted by molar-refractivity contribution is 5.96. The molecule has 3 rings (SSSR count). The van der Waals surface area contributed by atoms with Gasteiger partial charge in [-0.05, 0) is 70.5 Å². The van der Waals surface area contributed by atoms with E-state index in [1.165, 1.54) is 0 Å². The van der Waals surface area contributed by atoms with E-state index in [0.29, 0.717) is 18.5 Å². The van der Waals surface area contributed by atoms with Gasteiger partial charge in [-0.1, -0.05) is 70.5 Å². The van der Waals surface area contributed by atoms with Gasteiger partial charge in [-0.15, -0.1) is 0 Å². The molecule has 3 amide bonds. The zero-order chi connectivity index (χ0) is 31.8. The Balaban J connectivity index is 1.72. The molecule has 5 atom stereocenters. The van der Waals surface area contributed by atoms with Crippen molar-refractivity contribution < 1.29 is 23.9 Å². The summed E-state index contributed by atoms with van der Waals surface area (Å²) >= 11 is 0. The van der Waals surface area contributed by atoms with Crippen LogP contribution < -0.4 is 5.32 Å². The molecule has 2 aliphatic rings. The average Bonchev–Trinajstić information content (AvgIpc) is 3.48. The molecule has 9 nitrogen and oxygen atoms in total. The molecular weight excluding hydrogens is 544 g/mol. The Morgan fingerprint density at radius 1 is 0.930 bits per heavy atom. The zero-order valence-corrected chi connectivity index (χ0v) is 27.3. The Bertz CT molecular complexity index is 1150. The number of nitrogens with one attached hydrogen (secondary N) is 1. The SMILES string of the molecule is C/C(=C\[C@H](C(C)C)N(C)C(=O)[C@@H](NC(=O)C1CCCCN1C)C(C)C)C(=O)N1CCC[C@H]1C(=O)OC(C)c1ccccc1. The van der Waals surface area contributed by atoms with Gasteiger partial charge in [0, 0.05) is 19.2 Å². The Hall–Kier alpha value is -3.20. The molecule has 1 N–H and O–H groups in total. The number of hydrogen-bond acceptors (Lipinski definition) is 6. The molecule has 2 fully saturated rings. The van der Waals surface area contributed by atoms with Crippen molar-refractivity contribution in [2.45, 2.75) is 104 Å². The molecule has 2 aliphatic heterocycles. The predicted molar refractivity (Wildman–Crippen MR) is 168 cm³/mol. The van der Waals surface area contributed by atoms with E-state index in [1.807, 2.05) is 78.1 Å². The number of likely N-dealkylation sites (tertiary alicyclic amines) is 2. The lowest BCUT2D eigenvalue weighted by Crippen LogP contribution is -2.57. The molecule has 1 aromatic rings. The second kappa shape index (κ2) is 15.5. The van der Waals surface area contributed by atoms with E-state index in [2.05, 4.69) is 10.2 Å². The molecule has 43 heavy (non-hydrogen) atoms. The molecule has 2 saturated heterocycles. The Morgan fingerprint density at radius 3 is 2.19 bits per heavy atom. The van der Waals surface area contributed by atoms with E-state index in [0.717, 1.165) is 37.8 Å². The smallest absolute Gasteiger partial charge is 0.329 e. The number of hydrogen-bond donors (Lipinski definition) is 1. The van der Waals surface area contributed by atoms with Crippen LogP contribution in [0.5, 0.6) is 0 Å². The Morgan fingerprint density at radius 2 is 1.58 bits per heavy atom. The summed E-state index contributed by atoms with van der Waals surface area (Å²) in [5, 5.41) is 3.04. The van der Waals surface area contributed by atoms with Crippen molar-refractivity contribution >= 4 is 23.7 Å². The monoisotopic (exact) mass is 596 g/mol. The van der Waals surface area contributed by atoms with Crippen molar-refractivity contribution in [3.05, 3.63) is 47.5 Å². The molecule has 0 aliphatic carbocycles. The minimum atomic E-state index is -0.678. The largest absolute Gasteiger partial charge is 0.456 e. The fourth-order valence-corrected chi connectivity index (χ4v) is 6.14. The van der Waals surface area contributed by atoms with Crippen molar-refractivity contribution in [1.29, 1.82) is 0 Å². The highest BCUT2D eigenvalue weighted by Gasteiger charge is 2.38. The van der Waals surface area contributed by atoms with Gasteiger partial charge in [0.1, 0.15) is 18.2 Å². The minimum Gasteiger partial charge on any atom is -0.456 e. The molecule has 0 saturated carbocycles. The standard InChI is InChI=1S/C34H52N4O5/c1-22(2)29(37(8)33(41)30(23(3)4)35-31(39)27-17-12-13-19-36(27)7)21-24(5)32(40)38-20-14-18-28(38)34(42)43-25(6)26-15-10-9-11-16-26/h9-11,15-16,21-23,25,27-30H,12-14,17-20H2,1-8H3,(H,35,39)/b24-21+/t25?,27?,28-,29+,30-/m0/s1. The first kappa shape index (κ1) is 34.3. The van der Waals surface area contributed by atoms with Crippen molar-refractivity contribution in [3.8, 4) is 0 Å². The highest BCUT2D eigenvalue weighted by Crippen LogP contribution is 2.26. The van der Waals surface area contributed by atoms with Crippen LogP contribution in [-0.4, -0.2) is 89.7 Å². The van der Waals surface area contributed by atoms with Crippen LogP contribution in [0, 0.1) is 11.8 Å². The maximum atomic E-state index is 13.8. The van der Waals surface area contributed by atoms with Gasteiger partial charge in [-0.2, -0.15) is 0 Å². The lowest BCUT2D eigenvalue weighted by molar-refractivity contribution is -0.156. The van der Waals surface area contributed by atoms with Gasteiger partial charge in [-0.25, -0.2) is 4.79 Å². The number of rotatable bonds is 11. The van der Waals surface area contributed by atoms with Crippen LogP contribution in [-0.2, 0) is 23.9 Å². The van der Waals surface area contributed by atoms with Crippen LogP contribution in [0.2, 0.25) is 0 Å². The summed E-state index contributed by atoms with van der Waals surface area (Å²) in [7, 11) is 3.69. The van der Waals surface area contributed by atoms with Crippen molar-refractivity contribution in [1.82, 2.24) is 20.0 Å². The van der Waals surface area contributed by atoms with Crippen LogP contribution in [0.15, 0.2) is 42.0 Å². The molecule has 9 heteroatoms. The Kier molecular flexibility index (Phi) is 12.4. The third kappa shape index (κ3) is 8.68. The number of amides is 3. The summed E-state index contributed by atoms with van der Waals surface area (Å²) in [6.07, 6.45) is 5.53. The van der Waals surface area contributed by atoms with Crippen LogP contribution in [0.1, 0.15) is 85.3 Å². The molecule has 1 aromatic carbocycles. The number of benzene rings is 1. The second-order valence-corrected chi connectivity index (χ2v) is 12.9. The average molecular weight is 597 g/mol. The predicted octanol–water partition coefficient (Wildman–Crippen LogP) is 4.34. The fraction of sp³-hybridized carbons (Fsp3) is 0.647. The van der Waals surface area contributed by atoms with Crippen LogP contribution in [0.3, 0.4) is 0 Å². The molecular formula is C34H52N4O5. The van der Waals surface area contributed by atoms with E-state index in [9.17, 15) is 19.2 Å². The summed E-state index contributed by atoms with van der Waals surface area (Å²) < 4.78 is 5.76. The van der Waals surface area contributed by atoms with E-state index in [1.54, 1.807) is 23.8 Å². The minimum absolute atomic E-state index is 0.00996. The molecule has 0 bridgehead atoms. The van der Waals surface area contributed by atoms with Gasteiger partial charge >= 0.3 is 5.97 Å². The van der Waals surface area contributed by atoms with Crippen molar-refractivity contribution in [2.24, 2.45) is 11.8 Å². The van der Waals surface area contributed by atoms with Crippen molar-refractivity contribution in [2.75, 3.05) is 27.2 Å². The van der Waals surface area contributed by atoms with Gasteiger partial charge in [0.25, 0.3) is 0 Å². The number of ether oxygens (including phenoxy) is 1. The third-order valence-corrected chi connectivity index (χ3v) is 8.89. The Labute approximate surface area is 258 Å². The summed E-state index contributed by atoms with van der Waals surface area (Å²) in [6.45, 7) is 12.8. The van der Waals surface area contributed by atoms with E-state index in [4.69, 9.17) is 4.74 Å². The second-order valence-electron chi connectivity index (χ2n) is 12.9. The van der Waals surface area contributed by atoms with Crippen LogP contribution in [0.4, 0.5) is 0 Å². The lowest BCUT2D eigenvalue weighted by atomic mass is 9.96. The molecule has 0 spiro atoms. The van der Waals surface area contributed by atoms with Crippen LogP contribution in [0.25, 0.3) is 0 Å². The number of piperidine rings is 1. The summed E-state index contributed by atoms with van der Waals surface area (Å²) in [5.41, 5.74) is 1.38. The first-order valence-corrected chi connectivity index (χ1v) is 15.9. The van der Waals surface area contributed by atoms with Crippen LogP contribution >= 0.6 is 0 Å². The molecule has 238 valence electrons. The normalized spacial score (nSPS) is 21.8. The molecule has 2 unspecified atom stereocenters. The fourth-order valence-electron chi connectivity index (χ4n) is 6.14. The molecule has 2 heterocycles. The lowest BCUT2D eigenvalue weighted by Gasteiger charge is -2.36. The zero-order valence-electron chi connectivity index (χ0n) is 27.3. The van der Waals surface area contributed by atoms with E-state index >= 15 is 0 Å². The van der Waals surface area contributed by atoms with E-state index < -0.39 is 24.2 Å². The summed E-state index contributed by atoms with van der Waals surface area (Å²) in [5.74, 6) is -1.03. The number of likely N-dealkylation sites (N-methyl/N-ethyl adjacent to an activating group) is 2. The quantitative estimate of drug-likeness (QED) is 0.302. The first-order valence-electron chi connectivity index (χ1n) is 15.9. The maximum absolute atomic E-state index is 13.8. The number of carbonyl (C=O) groups is 4. The van der Waals surface area contributed by atoms with Gasteiger partial charge in [-0.3, -0.25) is 19.3 Å². The summed E-state index contributed by atoms with van der Waals surface area (Å²) in [4.78, 5) is 59.1. The van der Waals surface area contributed by atoms with Crippen molar-refractivity contribution in [3.63, 3.8) is 0 Å². The summed E-state index contributed by atoms with van der Waals surface area (Å²) in [6, 6.07) is 7.61. The maximum Gasteiger partial charge on any atom is 0.329 e. The van der Waals surface area contributed by atoms with Gasteiger partial charge in [0.15, 0.2) is 0 Å². The third-order valence-electron chi connectivity index (χ3n) is 8.89. The molecule has 0 aromatic heterocycles. The molecule has 0 radical (unpaired) electrons. The first-order chi connectivity index (χ1) is 20.3. The van der Waals surface area contributed by atoms with E-state index in [-0.39, 0.29) is 41.6 Å². The van der Waals surface area contributed by atoms with Gasteiger partial charge in [0.05, 0.1) is 12.1 Å². The topological polar surface area (TPSA) is 99.3 Å². The van der Waals surface area contributed by atoms with Gasteiger partial charge in [0.2, 0.25) is 17.7 Å². The number of esters is 1. The number of nitrogens with zero attached hydrogens (tertiary/aromatic N) is 3.